The van der Waals surface area contributed by atoms with E-state index in [9.17, 15) is 4.79 Å². The minimum atomic E-state index is 0.0752. The number of nitrogens with one attached hydrogen (secondary N) is 1. The molecule has 0 fully saturated rings. The van der Waals surface area contributed by atoms with Crippen molar-refractivity contribution in [3.63, 3.8) is 0 Å². The fraction of sp³-hybridized carbons (Fsp3) is 0. The molecule has 1 heterocycles. The van der Waals surface area contributed by atoms with E-state index in [4.69, 9.17) is 0 Å². The first-order valence-electron chi connectivity index (χ1n) is 1.77. The summed E-state index contributed by atoms with van der Waals surface area (Å²) in [6, 6.07) is 0. The predicted octanol–water partition coefficient (Wildman–Crippen LogP) is 0.155. The number of hydrogen-bond acceptors (Lipinski definition) is 3. The van der Waals surface area contributed by atoms with Crippen molar-refractivity contribution in [3.8, 4) is 0 Å². The minimum Gasteiger partial charge on any atom is -0.413 e. The SMILES string of the molecule is O=C1C=CONP1. The van der Waals surface area contributed by atoms with Crippen molar-refractivity contribution >= 4 is 14.3 Å². The van der Waals surface area contributed by atoms with Crippen molar-refractivity contribution in [2.24, 2.45) is 0 Å². The van der Waals surface area contributed by atoms with E-state index in [1.165, 1.54) is 12.3 Å². The summed E-state index contributed by atoms with van der Waals surface area (Å²) in [5.74, 6) is 0. The van der Waals surface area contributed by atoms with Crippen molar-refractivity contribution in [1.29, 1.82) is 0 Å². The first-order chi connectivity index (χ1) is 3.39. The van der Waals surface area contributed by atoms with Gasteiger partial charge in [0.2, 0.25) is 0 Å². The van der Waals surface area contributed by atoms with Gasteiger partial charge < -0.3 is 4.84 Å². The quantitative estimate of drug-likeness (QED) is 0.459. The van der Waals surface area contributed by atoms with Crippen LogP contribution in [0.2, 0.25) is 0 Å². The van der Waals surface area contributed by atoms with Gasteiger partial charge in [-0.15, -0.1) is 5.25 Å². The number of carbonyl (C=O) groups excluding carboxylic acids is 1. The molecule has 0 radical (unpaired) electrons. The second kappa shape index (κ2) is 2.05. The summed E-state index contributed by atoms with van der Waals surface area (Å²) in [5.41, 5.74) is 0.0752. The number of carbonyl (C=O) groups is 1. The smallest absolute Gasteiger partial charge is 0.195 e. The Bertz CT molecular complexity index is 112. The topological polar surface area (TPSA) is 38.3 Å². The summed E-state index contributed by atoms with van der Waals surface area (Å²) >= 11 is 0. The molecule has 0 amide bonds. The molecule has 0 aliphatic carbocycles. The third-order valence-corrected chi connectivity index (χ3v) is 1.15. The normalized spacial score (nSPS) is 22.6. The van der Waals surface area contributed by atoms with E-state index >= 15 is 0 Å². The lowest BCUT2D eigenvalue weighted by Gasteiger charge is -2.02. The van der Waals surface area contributed by atoms with Crippen LogP contribution in [-0.4, -0.2) is 5.52 Å². The molecule has 1 atom stereocenters. The van der Waals surface area contributed by atoms with E-state index in [1.807, 2.05) is 0 Å². The highest BCUT2D eigenvalue weighted by Gasteiger charge is 1.98. The molecule has 0 aromatic carbocycles. The molecule has 38 valence electrons. The van der Waals surface area contributed by atoms with Crippen LogP contribution in [0.1, 0.15) is 0 Å². The van der Waals surface area contributed by atoms with Crippen molar-refractivity contribution in [2.75, 3.05) is 0 Å². The molecule has 3 nitrogen and oxygen atoms in total. The molecule has 7 heavy (non-hydrogen) atoms. The van der Waals surface area contributed by atoms with Gasteiger partial charge in [0.15, 0.2) is 5.52 Å². The Morgan fingerprint density at radius 3 is 3.00 bits per heavy atom. The highest BCUT2D eigenvalue weighted by molar-refractivity contribution is 7.56. The van der Waals surface area contributed by atoms with Crippen LogP contribution in [-0.2, 0) is 9.63 Å². The van der Waals surface area contributed by atoms with E-state index in [0.717, 1.165) is 0 Å². The van der Waals surface area contributed by atoms with Gasteiger partial charge in [-0.1, -0.05) is 0 Å². The Kier molecular flexibility index (Phi) is 1.39. The predicted molar refractivity (Wildman–Crippen MR) is 26.7 cm³/mol. The van der Waals surface area contributed by atoms with Crippen molar-refractivity contribution in [2.45, 2.75) is 0 Å². The maximum atomic E-state index is 10.2. The maximum absolute atomic E-state index is 10.2. The summed E-state index contributed by atoms with van der Waals surface area (Å²) < 4.78 is 0. The van der Waals surface area contributed by atoms with Crippen molar-refractivity contribution in [3.05, 3.63) is 12.3 Å². The highest BCUT2D eigenvalue weighted by atomic mass is 31.1. The summed E-state index contributed by atoms with van der Waals surface area (Å²) in [5, 5.41) is 2.43. The van der Waals surface area contributed by atoms with Gasteiger partial charge in [0.05, 0.1) is 8.73 Å². The molecule has 0 aromatic rings. The molecule has 1 rings (SSSR count). The van der Waals surface area contributed by atoms with E-state index in [-0.39, 0.29) is 14.3 Å². The summed E-state index contributed by atoms with van der Waals surface area (Å²) in [6.45, 7) is 0. The van der Waals surface area contributed by atoms with Gasteiger partial charge in [-0.05, 0) is 0 Å². The molecule has 1 unspecified atom stereocenters. The second-order valence-corrected chi connectivity index (χ2v) is 1.96. The first kappa shape index (κ1) is 4.75. The van der Waals surface area contributed by atoms with Crippen LogP contribution >= 0.6 is 8.73 Å². The third-order valence-electron chi connectivity index (χ3n) is 0.521. The van der Waals surface area contributed by atoms with Gasteiger partial charge in [-0.3, -0.25) is 4.79 Å². The Morgan fingerprint density at radius 2 is 2.71 bits per heavy atom. The monoisotopic (exact) mass is 117 g/mol. The largest absolute Gasteiger partial charge is 0.413 e. The number of hydrogen-bond donors (Lipinski definition) is 1. The van der Waals surface area contributed by atoms with Crippen LogP contribution in [0, 0.1) is 0 Å². The Labute approximate surface area is 42.5 Å². The van der Waals surface area contributed by atoms with E-state index in [0.29, 0.717) is 0 Å². The Balaban J connectivity index is 2.51. The van der Waals surface area contributed by atoms with Gasteiger partial charge in [0.25, 0.3) is 0 Å². The van der Waals surface area contributed by atoms with Gasteiger partial charge in [-0.2, -0.15) is 0 Å². The third kappa shape index (κ3) is 1.26. The summed E-state index contributed by atoms with van der Waals surface area (Å²) in [7, 11) is 0.0775. The molecule has 0 spiro atoms. The van der Waals surface area contributed by atoms with Crippen LogP contribution in [0.4, 0.5) is 0 Å². The zero-order chi connectivity index (χ0) is 5.11. The van der Waals surface area contributed by atoms with Gasteiger partial charge in [0.1, 0.15) is 6.26 Å². The number of rotatable bonds is 0. The Morgan fingerprint density at radius 1 is 1.86 bits per heavy atom. The van der Waals surface area contributed by atoms with E-state index in [2.05, 4.69) is 10.1 Å². The van der Waals surface area contributed by atoms with Crippen LogP contribution in [0.3, 0.4) is 0 Å². The number of allylic oxidation sites excluding steroid dienone is 1. The lowest BCUT2D eigenvalue weighted by atomic mass is 10.7. The van der Waals surface area contributed by atoms with Crippen LogP contribution in [0.15, 0.2) is 12.3 Å². The fourth-order valence-corrected chi connectivity index (χ4v) is 0.630. The zero-order valence-corrected chi connectivity index (χ0v) is 4.47. The fourth-order valence-electron chi connectivity index (χ4n) is 0.251. The molecule has 0 bridgehead atoms. The van der Waals surface area contributed by atoms with Crippen LogP contribution < -0.4 is 5.25 Å². The van der Waals surface area contributed by atoms with Crippen molar-refractivity contribution in [1.82, 2.24) is 5.25 Å². The summed E-state index contributed by atoms with van der Waals surface area (Å²) in [4.78, 5) is 14.7. The molecule has 1 aliphatic heterocycles. The minimum absolute atomic E-state index is 0.0752. The van der Waals surface area contributed by atoms with E-state index in [1.54, 1.807) is 0 Å². The second-order valence-electron chi connectivity index (χ2n) is 1.01. The van der Waals surface area contributed by atoms with Crippen LogP contribution in [0.5, 0.6) is 0 Å². The Hall–Kier alpha value is -0.400. The lowest BCUT2D eigenvalue weighted by Crippen LogP contribution is -2.05. The zero-order valence-electron chi connectivity index (χ0n) is 3.47. The molecule has 0 aromatic heterocycles. The van der Waals surface area contributed by atoms with Gasteiger partial charge in [0, 0.05) is 6.08 Å². The van der Waals surface area contributed by atoms with Crippen LogP contribution in [0.25, 0.3) is 0 Å². The van der Waals surface area contributed by atoms with E-state index < -0.39 is 0 Å². The van der Waals surface area contributed by atoms with Crippen molar-refractivity contribution < 1.29 is 9.63 Å². The molecule has 0 saturated carbocycles. The molecular formula is C3H4NO2P. The summed E-state index contributed by atoms with van der Waals surface area (Å²) in [6.07, 6.45) is 2.73. The van der Waals surface area contributed by atoms with Gasteiger partial charge >= 0.3 is 0 Å². The standard InChI is InChI=1S/C3H4NO2P/c5-3-1-2-6-4-7-3/h1-2,4,7H. The lowest BCUT2D eigenvalue weighted by molar-refractivity contribution is -0.108. The molecule has 0 saturated heterocycles. The molecular weight excluding hydrogens is 113 g/mol. The molecule has 4 heteroatoms. The molecule has 1 N–H and O–H groups in total. The first-order valence-corrected chi connectivity index (χ1v) is 2.77. The van der Waals surface area contributed by atoms with Gasteiger partial charge in [-0.25, -0.2) is 0 Å². The average Bonchev–Trinajstić information content (AvgIpc) is 1.69. The highest BCUT2D eigenvalue weighted by Crippen LogP contribution is 2.09. The molecule has 1 aliphatic rings. The average molecular weight is 117 g/mol. The maximum Gasteiger partial charge on any atom is 0.195 e.